The molecule has 0 spiro atoms. The average Bonchev–Trinajstić information content (AvgIpc) is 2.98. The number of aromatic nitrogens is 2. The van der Waals surface area contributed by atoms with E-state index in [2.05, 4.69) is 71.6 Å². The van der Waals surface area contributed by atoms with E-state index in [0.717, 1.165) is 55.1 Å². The first-order chi connectivity index (χ1) is 19.3. The highest BCUT2D eigenvalue weighted by Gasteiger charge is 2.31. The van der Waals surface area contributed by atoms with Crippen LogP contribution in [0.3, 0.4) is 0 Å². The Kier molecular flexibility index (Phi) is 3.34. The molecule has 8 aromatic rings. The normalized spacial score (nSPS) is 14.3. The van der Waals surface area contributed by atoms with Crippen LogP contribution in [0, 0.1) is 0 Å². The Labute approximate surface area is 221 Å². The van der Waals surface area contributed by atoms with Crippen molar-refractivity contribution in [1.29, 1.82) is 0 Å². The highest BCUT2D eigenvalue weighted by molar-refractivity contribution is 6.30. The number of pyridine rings is 1. The standard InChI is InChI=1S/C34H18N4O/c39-34-23-14-13-20-17-37-26-11-3-7-18-5-1-9-24(29(18)26)35-32(37)21-15-16-22(31(23)28(20)21)33-36-25-10-2-6-19-8-4-12-27(30(19)25)38(33)34/h1-16H,17H2. The predicted octanol–water partition coefficient (Wildman–Crippen LogP) is 7.31. The lowest BCUT2D eigenvalue weighted by Crippen LogP contribution is -2.36. The number of amidine groups is 1. The van der Waals surface area contributed by atoms with E-state index in [-0.39, 0.29) is 5.56 Å². The summed E-state index contributed by atoms with van der Waals surface area (Å²) in [7, 11) is 0. The van der Waals surface area contributed by atoms with E-state index in [1.165, 1.54) is 22.0 Å². The van der Waals surface area contributed by atoms with Crippen LogP contribution < -0.4 is 10.5 Å². The van der Waals surface area contributed by atoms with Crippen LogP contribution in [0.5, 0.6) is 0 Å². The molecule has 0 unspecified atom stereocenters. The van der Waals surface area contributed by atoms with E-state index in [1.54, 1.807) is 4.40 Å². The average molecular weight is 499 g/mol. The summed E-state index contributed by atoms with van der Waals surface area (Å²) in [6, 6.07) is 33.4. The van der Waals surface area contributed by atoms with E-state index in [4.69, 9.17) is 9.98 Å². The molecule has 0 saturated carbocycles. The van der Waals surface area contributed by atoms with Crippen LogP contribution in [0.1, 0.15) is 11.1 Å². The Morgan fingerprint density at radius 3 is 2.33 bits per heavy atom. The molecular weight excluding hydrogens is 480 g/mol. The second kappa shape index (κ2) is 6.58. The van der Waals surface area contributed by atoms with Crippen molar-refractivity contribution in [3.05, 3.63) is 119 Å². The number of benzene rings is 6. The molecule has 5 heteroatoms. The highest BCUT2D eigenvalue weighted by atomic mass is 16.1. The number of hydrogen-bond acceptors (Lipinski definition) is 4. The monoisotopic (exact) mass is 498 g/mol. The first-order valence-corrected chi connectivity index (χ1v) is 13.2. The van der Waals surface area contributed by atoms with Gasteiger partial charge in [0.05, 0.1) is 29.0 Å². The van der Waals surface area contributed by atoms with Crippen molar-refractivity contribution in [2.24, 2.45) is 4.99 Å². The quantitative estimate of drug-likeness (QED) is 0.163. The van der Waals surface area contributed by atoms with Gasteiger partial charge in [-0.05, 0) is 64.2 Å². The zero-order valence-electron chi connectivity index (χ0n) is 20.6. The lowest BCUT2D eigenvalue weighted by molar-refractivity contribution is 0.999. The van der Waals surface area contributed by atoms with E-state index < -0.39 is 0 Å². The van der Waals surface area contributed by atoms with Gasteiger partial charge in [0.1, 0.15) is 11.5 Å². The Balaban J connectivity index is 1.37. The molecular formula is C34H18N4O. The summed E-state index contributed by atoms with van der Waals surface area (Å²) in [5.41, 5.74) is 6.88. The molecule has 0 atom stereocenters. The van der Waals surface area contributed by atoms with Gasteiger partial charge in [0, 0.05) is 32.5 Å². The van der Waals surface area contributed by atoms with Crippen LogP contribution in [0.2, 0.25) is 0 Å². The predicted molar refractivity (Wildman–Crippen MR) is 159 cm³/mol. The lowest BCUT2D eigenvalue weighted by atomic mass is 9.89. The van der Waals surface area contributed by atoms with Crippen LogP contribution in [0.15, 0.2) is 107 Å². The maximum atomic E-state index is 14.2. The lowest BCUT2D eigenvalue weighted by Gasteiger charge is -2.36. The topological polar surface area (TPSA) is 50.0 Å². The molecule has 0 bridgehead atoms. The summed E-state index contributed by atoms with van der Waals surface area (Å²) in [4.78, 5) is 26.8. The summed E-state index contributed by atoms with van der Waals surface area (Å²) >= 11 is 0. The van der Waals surface area contributed by atoms with E-state index in [9.17, 15) is 4.79 Å². The van der Waals surface area contributed by atoms with Gasteiger partial charge in [-0.1, -0.05) is 54.6 Å². The Morgan fingerprint density at radius 1 is 0.667 bits per heavy atom. The van der Waals surface area contributed by atoms with Crippen molar-refractivity contribution in [1.82, 2.24) is 9.38 Å². The van der Waals surface area contributed by atoms with Crippen LogP contribution in [-0.4, -0.2) is 15.2 Å². The first kappa shape index (κ1) is 19.8. The van der Waals surface area contributed by atoms with Crippen LogP contribution in [-0.2, 0) is 6.54 Å². The fourth-order valence-corrected chi connectivity index (χ4v) is 7.06. The van der Waals surface area contributed by atoms with Crippen molar-refractivity contribution in [3.8, 4) is 0 Å². The van der Waals surface area contributed by atoms with E-state index in [0.29, 0.717) is 17.6 Å². The fourth-order valence-electron chi connectivity index (χ4n) is 7.06. The number of anilines is 1. The molecule has 39 heavy (non-hydrogen) atoms. The van der Waals surface area contributed by atoms with Gasteiger partial charge in [-0.3, -0.25) is 9.20 Å². The smallest absolute Gasteiger partial charge is 0.264 e. The maximum Gasteiger partial charge on any atom is 0.264 e. The molecule has 2 aliphatic heterocycles. The van der Waals surface area contributed by atoms with Crippen LogP contribution in [0.4, 0.5) is 11.4 Å². The molecule has 5 nitrogen and oxygen atoms in total. The largest absolute Gasteiger partial charge is 0.321 e. The van der Waals surface area contributed by atoms with Crippen molar-refractivity contribution >= 4 is 77.0 Å². The Bertz CT molecular complexity index is 2500. The molecule has 4 heterocycles. The summed E-state index contributed by atoms with van der Waals surface area (Å²) in [6.07, 6.45) is 0. The van der Waals surface area contributed by atoms with Gasteiger partial charge in [-0.25, -0.2) is 9.98 Å². The molecule has 2 aliphatic rings. The second-order valence-corrected chi connectivity index (χ2v) is 10.6. The summed E-state index contributed by atoms with van der Waals surface area (Å²) in [5.74, 6) is 0.938. The van der Waals surface area contributed by atoms with Crippen molar-refractivity contribution in [3.63, 3.8) is 0 Å². The minimum absolute atomic E-state index is 0.0323. The summed E-state index contributed by atoms with van der Waals surface area (Å²) < 4.78 is 1.80. The molecule has 0 radical (unpaired) electrons. The number of fused-ring (bicyclic) bond motifs is 6. The number of hydrogen-bond donors (Lipinski definition) is 0. The molecule has 180 valence electrons. The van der Waals surface area contributed by atoms with Crippen molar-refractivity contribution < 1.29 is 0 Å². The van der Waals surface area contributed by atoms with Gasteiger partial charge in [0.15, 0.2) is 0 Å². The molecule has 0 saturated heterocycles. The summed E-state index contributed by atoms with van der Waals surface area (Å²) in [6.45, 7) is 0.700. The van der Waals surface area contributed by atoms with Crippen molar-refractivity contribution in [2.45, 2.75) is 6.54 Å². The number of nitrogens with zero attached hydrogens (tertiary/aromatic N) is 4. The third-order valence-electron chi connectivity index (χ3n) is 8.66. The molecule has 2 aromatic heterocycles. The molecule has 10 rings (SSSR count). The van der Waals surface area contributed by atoms with Crippen LogP contribution >= 0.6 is 0 Å². The fraction of sp³-hybridized carbons (Fsp3) is 0.0294. The van der Waals surface area contributed by atoms with Gasteiger partial charge in [-0.15, -0.1) is 0 Å². The Morgan fingerprint density at radius 2 is 1.44 bits per heavy atom. The zero-order valence-corrected chi connectivity index (χ0v) is 20.6. The molecule has 0 N–H and O–H groups in total. The number of aliphatic imine (C=N–C) groups is 1. The van der Waals surface area contributed by atoms with Crippen LogP contribution in [0.25, 0.3) is 59.8 Å². The highest BCUT2D eigenvalue weighted by Crippen LogP contribution is 2.45. The molecule has 0 fully saturated rings. The molecule has 0 amide bonds. The van der Waals surface area contributed by atoms with Gasteiger partial charge in [0.25, 0.3) is 5.56 Å². The van der Waals surface area contributed by atoms with E-state index >= 15 is 0 Å². The van der Waals surface area contributed by atoms with Gasteiger partial charge in [-0.2, -0.15) is 0 Å². The minimum Gasteiger partial charge on any atom is -0.321 e. The minimum atomic E-state index is -0.0323. The summed E-state index contributed by atoms with van der Waals surface area (Å²) in [5, 5.41) is 8.29. The SMILES string of the molecule is O=c1c2ccc3c4c(ccc(c42)c2nc4cccc5cccc(c54)n12)C1=Nc2cccc4cccc(c24)N1C3. The molecule has 6 aromatic carbocycles. The van der Waals surface area contributed by atoms with Crippen molar-refractivity contribution in [2.75, 3.05) is 4.90 Å². The third-order valence-corrected chi connectivity index (χ3v) is 8.66. The number of rotatable bonds is 0. The van der Waals surface area contributed by atoms with Gasteiger partial charge in [0.2, 0.25) is 0 Å². The Hall–Kier alpha value is -5.29. The second-order valence-electron chi connectivity index (χ2n) is 10.6. The van der Waals surface area contributed by atoms with E-state index in [1.807, 2.05) is 30.3 Å². The zero-order chi connectivity index (χ0) is 25.4. The maximum absolute atomic E-state index is 14.2. The van der Waals surface area contributed by atoms with Gasteiger partial charge >= 0.3 is 0 Å². The molecule has 0 aliphatic carbocycles. The third kappa shape index (κ3) is 2.26. The first-order valence-electron chi connectivity index (χ1n) is 13.2. The van der Waals surface area contributed by atoms with Gasteiger partial charge < -0.3 is 4.90 Å².